The van der Waals surface area contributed by atoms with Crippen molar-refractivity contribution in [3.8, 4) is 11.5 Å². The summed E-state index contributed by atoms with van der Waals surface area (Å²) in [6, 6.07) is 12.2. The molecule has 142 valence electrons. The average molecular weight is 386 g/mol. The van der Waals surface area contributed by atoms with E-state index in [-0.39, 0.29) is 0 Å². The van der Waals surface area contributed by atoms with Crippen LogP contribution in [0.15, 0.2) is 46.2 Å². The van der Waals surface area contributed by atoms with Crippen LogP contribution in [0.5, 0.6) is 11.5 Å². The number of fused-ring (bicyclic) bond motifs is 6. The van der Waals surface area contributed by atoms with Crippen molar-refractivity contribution in [2.24, 2.45) is 0 Å². The molecule has 6 heteroatoms. The largest absolute Gasteiger partial charge is 0.428 e. The van der Waals surface area contributed by atoms with Gasteiger partial charge in [-0.3, -0.25) is 0 Å². The van der Waals surface area contributed by atoms with Crippen LogP contribution in [0.25, 0.3) is 0 Å². The van der Waals surface area contributed by atoms with Crippen LogP contribution in [0.4, 0.5) is 0 Å². The molecular weight excluding hydrogens is 364 g/mol. The number of hydrogen-bond donors (Lipinski definition) is 0. The molecule has 0 radical (unpaired) electrons. The van der Waals surface area contributed by atoms with Gasteiger partial charge in [0.2, 0.25) is 5.79 Å². The van der Waals surface area contributed by atoms with Crippen LogP contribution in [0.1, 0.15) is 37.3 Å². The van der Waals surface area contributed by atoms with Gasteiger partial charge in [0.15, 0.2) is 11.5 Å². The highest BCUT2D eigenvalue weighted by molar-refractivity contribution is 7.99. The zero-order chi connectivity index (χ0) is 18.3. The van der Waals surface area contributed by atoms with Crippen molar-refractivity contribution in [1.82, 2.24) is 0 Å². The molecule has 0 aliphatic carbocycles. The number of benzene rings is 2. The molecule has 3 aliphatic rings. The fraction of sp³-hybridized carbons (Fsp3) is 0.429. The molecule has 0 amide bonds. The molecule has 2 aromatic rings. The maximum atomic E-state index is 6.37. The SMILES string of the molecule is CCCOC1Oc2ccc3c(c2O1)Sc1ccccc1C31OCCCCO1. The molecule has 1 fully saturated rings. The fourth-order valence-corrected chi connectivity index (χ4v) is 4.92. The lowest BCUT2D eigenvalue weighted by Crippen LogP contribution is -2.36. The first-order valence-electron chi connectivity index (χ1n) is 9.49. The molecule has 2 aromatic carbocycles. The molecule has 3 aliphatic heterocycles. The first-order chi connectivity index (χ1) is 13.3. The van der Waals surface area contributed by atoms with Crippen LogP contribution in [0.3, 0.4) is 0 Å². The third kappa shape index (κ3) is 2.83. The lowest BCUT2D eigenvalue weighted by atomic mass is 9.95. The molecule has 27 heavy (non-hydrogen) atoms. The Morgan fingerprint density at radius 3 is 2.67 bits per heavy atom. The lowest BCUT2D eigenvalue weighted by Gasteiger charge is -2.38. The number of hydrogen-bond acceptors (Lipinski definition) is 6. The predicted molar refractivity (Wildman–Crippen MR) is 100 cm³/mol. The van der Waals surface area contributed by atoms with Crippen LogP contribution in [0, 0.1) is 0 Å². The summed E-state index contributed by atoms with van der Waals surface area (Å²) in [4.78, 5) is 2.09. The van der Waals surface area contributed by atoms with E-state index in [0.29, 0.717) is 31.3 Å². The summed E-state index contributed by atoms with van der Waals surface area (Å²) >= 11 is 1.67. The standard InChI is InChI=1S/C21H22O5S/c1-2-11-22-20-25-16-10-9-15-19(18(16)26-20)27-17-8-4-3-7-14(17)21(15)23-12-5-6-13-24-21/h3-4,7-10,20H,2,5-6,11-13H2,1H3. The fourth-order valence-electron chi connectivity index (χ4n) is 3.69. The van der Waals surface area contributed by atoms with Gasteiger partial charge in [0.25, 0.3) is 0 Å². The minimum Gasteiger partial charge on any atom is -0.428 e. The summed E-state index contributed by atoms with van der Waals surface area (Å²) in [5, 5.41) is 0. The molecule has 5 nitrogen and oxygen atoms in total. The summed E-state index contributed by atoms with van der Waals surface area (Å²) in [6.07, 6.45) is 2.89. The van der Waals surface area contributed by atoms with Crippen LogP contribution in [-0.2, 0) is 20.0 Å². The van der Waals surface area contributed by atoms with E-state index in [1.165, 1.54) is 0 Å². The summed E-state index contributed by atoms with van der Waals surface area (Å²) in [6.45, 7) is 3.27. The molecule has 1 unspecified atom stereocenters. The Balaban J connectivity index is 1.61. The van der Waals surface area contributed by atoms with Crippen molar-refractivity contribution in [2.45, 2.75) is 48.2 Å². The van der Waals surface area contributed by atoms with Gasteiger partial charge in [-0.2, -0.15) is 0 Å². The average Bonchev–Trinajstić information content (AvgIpc) is 2.97. The van der Waals surface area contributed by atoms with Crippen LogP contribution in [-0.4, -0.2) is 26.3 Å². The molecule has 5 rings (SSSR count). The maximum Gasteiger partial charge on any atom is 0.361 e. The maximum absolute atomic E-state index is 6.37. The molecule has 0 saturated carbocycles. The normalized spacial score (nSPS) is 22.2. The van der Waals surface area contributed by atoms with Gasteiger partial charge in [0.05, 0.1) is 24.7 Å². The Labute approximate surface area is 162 Å². The van der Waals surface area contributed by atoms with Crippen molar-refractivity contribution in [2.75, 3.05) is 19.8 Å². The van der Waals surface area contributed by atoms with Crippen molar-refractivity contribution in [3.05, 3.63) is 47.5 Å². The van der Waals surface area contributed by atoms with E-state index in [4.69, 9.17) is 23.7 Å². The second kappa shape index (κ2) is 7.02. The second-order valence-corrected chi connectivity index (χ2v) is 7.84. The first kappa shape index (κ1) is 17.4. The summed E-state index contributed by atoms with van der Waals surface area (Å²) in [7, 11) is 0. The smallest absolute Gasteiger partial charge is 0.361 e. The van der Waals surface area contributed by atoms with Gasteiger partial charge in [-0.25, -0.2) is 0 Å². The van der Waals surface area contributed by atoms with E-state index in [0.717, 1.165) is 40.2 Å². The van der Waals surface area contributed by atoms with Crippen molar-refractivity contribution in [1.29, 1.82) is 0 Å². The van der Waals surface area contributed by atoms with E-state index in [1.807, 2.05) is 24.3 Å². The molecule has 1 atom stereocenters. The first-order valence-corrected chi connectivity index (χ1v) is 10.3. The lowest BCUT2D eigenvalue weighted by molar-refractivity contribution is -0.208. The minimum absolute atomic E-state index is 0.590. The van der Waals surface area contributed by atoms with E-state index in [2.05, 4.69) is 19.1 Å². The molecule has 0 bridgehead atoms. The third-order valence-corrected chi connectivity index (χ3v) is 6.11. The van der Waals surface area contributed by atoms with E-state index < -0.39 is 12.3 Å². The van der Waals surface area contributed by atoms with Crippen molar-refractivity contribution in [3.63, 3.8) is 0 Å². The van der Waals surface area contributed by atoms with E-state index in [9.17, 15) is 0 Å². The molecule has 1 spiro atoms. The van der Waals surface area contributed by atoms with Gasteiger partial charge in [-0.05, 0) is 37.5 Å². The Kier molecular flexibility index (Phi) is 4.52. The topological polar surface area (TPSA) is 46.2 Å². The molecular formula is C21H22O5S. The minimum atomic E-state index is -0.894. The monoisotopic (exact) mass is 386 g/mol. The zero-order valence-corrected chi connectivity index (χ0v) is 16.1. The van der Waals surface area contributed by atoms with Crippen molar-refractivity contribution < 1.29 is 23.7 Å². The van der Waals surface area contributed by atoms with Gasteiger partial charge in [-0.15, -0.1) is 0 Å². The Bertz CT molecular complexity index is 844. The van der Waals surface area contributed by atoms with Crippen LogP contribution in [0.2, 0.25) is 0 Å². The van der Waals surface area contributed by atoms with Gasteiger partial charge >= 0.3 is 6.48 Å². The van der Waals surface area contributed by atoms with E-state index >= 15 is 0 Å². The highest BCUT2D eigenvalue weighted by Gasteiger charge is 2.47. The highest BCUT2D eigenvalue weighted by atomic mass is 32.2. The van der Waals surface area contributed by atoms with Crippen LogP contribution < -0.4 is 9.47 Å². The van der Waals surface area contributed by atoms with Gasteiger partial charge in [-0.1, -0.05) is 36.9 Å². The second-order valence-electron chi connectivity index (χ2n) is 6.78. The third-order valence-electron chi connectivity index (χ3n) is 4.93. The zero-order valence-electron chi connectivity index (χ0n) is 15.2. The number of rotatable bonds is 3. The molecule has 0 N–H and O–H groups in total. The molecule has 3 heterocycles. The summed E-state index contributed by atoms with van der Waals surface area (Å²) in [5.74, 6) is 0.517. The molecule has 0 aromatic heterocycles. The predicted octanol–water partition coefficient (Wildman–Crippen LogP) is 4.66. The Morgan fingerprint density at radius 1 is 1.04 bits per heavy atom. The summed E-state index contributed by atoms with van der Waals surface area (Å²) < 4.78 is 30.2. The van der Waals surface area contributed by atoms with Crippen LogP contribution >= 0.6 is 11.8 Å². The number of ether oxygens (including phenoxy) is 5. The summed E-state index contributed by atoms with van der Waals surface area (Å²) in [5.41, 5.74) is 2.04. The van der Waals surface area contributed by atoms with E-state index in [1.54, 1.807) is 11.8 Å². The molecule has 1 saturated heterocycles. The quantitative estimate of drug-likeness (QED) is 0.765. The van der Waals surface area contributed by atoms with Gasteiger partial charge < -0.3 is 23.7 Å². The Morgan fingerprint density at radius 2 is 1.85 bits per heavy atom. The van der Waals surface area contributed by atoms with Gasteiger partial charge in [0, 0.05) is 16.0 Å². The van der Waals surface area contributed by atoms with Crippen molar-refractivity contribution >= 4 is 11.8 Å². The van der Waals surface area contributed by atoms with Gasteiger partial charge in [0.1, 0.15) is 0 Å². The highest BCUT2D eigenvalue weighted by Crippen LogP contribution is 2.57. The Hall–Kier alpha value is -1.73.